The number of pyridine rings is 1. The van der Waals surface area contributed by atoms with Crippen LogP contribution in [0.4, 0.5) is 19.0 Å². The summed E-state index contributed by atoms with van der Waals surface area (Å²) in [5.74, 6) is -1.01. The quantitative estimate of drug-likeness (QED) is 0.812. The molecule has 0 saturated heterocycles. The summed E-state index contributed by atoms with van der Waals surface area (Å²) in [7, 11) is 0. The van der Waals surface area contributed by atoms with Crippen LogP contribution in [-0.4, -0.2) is 11.3 Å². The second-order valence-electron chi connectivity index (χ2n) is 2.36. The van der Waals surface area contributed by atoms with Gasteiger partial charge in [0.1, 0.15) is 11.9 Å². The van der Waals surface area contributed by atoms with E-state index >= 15 is 0 Å². The van der Waals surface area contributed by atoms with Crippen molar-refractivity contribution in [3.05, 3.63) is 16.8 Å². The largest absolute Gasteiger partial charge is 0.573 e. The van der Waals surface area contributed by atoms with Crippen molar-refractivity contribution < 1.29 is 17.9 Å². The molecule has 0 aliphatic carbocycles. The summed E-state index contributed by atoms with van der Waals surface area (Å²) in [6.07, 6.45) is -4.91. The predicted octanol–water partition coefficient (Wildman–Crippen LogP) is 2.09. The van der Waals surface area contributed by atoms with Crippen LogP contribution in [0.5, 0.6) is 5.75 Å². The molecule has 1 heterocycles. The first-order valence-corrected chi connectivity index (χ1v) is 3.83. The number of alkyl halides is 3. The Morgan fingerprint density at radius 3 is 2.60 bits per heavy atom. The third kappa shape index (κ3) is 2.89. The van der Waals surface area contributed by atoms with Gasteiger partial charge in [-0.3, -0.25) is 0 Å². The first kappa shape index (κ1) is 11.4. The molecule has 0 amide bonds. The van der Waals surface area contributed by atoms with Gasteiger partial charge in [0.15, 0.2) is 11.4 Å². The lowest BCUT2D eigenvalue weighted by Crippen LogP contribution is -2.18. The number of hydrogen-bond donors (Lipinski definition) is 1. The Hall–Kier alpha value is -1.68. The van der Waals surface area contributed by atoms with Crippen LogP contribution in [0, 0.1) is 11.3 Å². The molecule has 0 aliphatic heterocycles. The highest BCUT2D eigenvalue weighted by Gasteiger charge is 2.32. The Labute approximate surface area is 87.0 Å². The number of nitriles is 1. The lowest BCUT2D eigenvalue weighted by molar-refractivity contribution is -0.274. The van der Waals surface area contributed by atoms with Crippen molar-refractivity contribution in [1.82, 2.24) is 4.98 Å². The highest BCUT2D eigenvalue weighted by Crippen LogP contribution is 2.29. The molecule has 0 bridgehead atoms. The number of halogens is 4. The summed E-state index contributed by atoms with van der Waals surface area (Å²) < 4.78 is 39.1. The number of anilines is 1. The molecule has 0 aromatic carbocycles. The summed E-state index contributed by atoms with van der Waals surface area (Å²) in [6.45, 7) is 0. The fourth-order valence-electron chi connectivity index (χ4n) is 0.769. The number of nitrogens with two attached hydrogens (primary N) is 1. The van der Waals surface area contributed by atoms with Gasteiger partial charge in [-0.25, -0.2) is 4.98 Å². The minimum absolute atomic E-state index is 0.215. The molecule has 0 aliphatic rings. The van der Waals surface area contributed by atoms with Gasteiger partial charge in [0.2, 0.25) is 0 Å². The molecule has 0 unspecified atom stereocenters. The van der Waals surface area contributed by atoms with Gasteiger partial charge in [0, 0.05) is 6.07 Å². The van der Waals surface area contributed by atoms with Gasteiger partial charge in [0.05, 0.1) is 5.02 Å². The van der Waals surface area contributed by atoms with E-state index in [1.54, 1.807) is 0 Å². The zero-order chi connectivity index (χ0) is 11.6. The van der Waals surface area contributed by atoms with Gasteiger partial charge in [-0.1, -0.05) is 11.6 Å². The highest BCUT2D eigenvalue weighted by atomic mass is 35.5. The maximum atomic E-state index is 11.9. The second kappa shape index (κ2) is 3.82. The van der Waals surface area contributed by atoms with E-state index in [1.807, 2.05) is 0 Å². The van der Waals surface area contributed by atoms with Gasteiger partial charge in [-0.15, -0.1) is 13.2 Å². The second-order valence-corrected chi connectivity index (χ2v) is 2.77. The van der Waals surface area contributed by atoms with E-state index in [9.17, 15) is 13.2 Å². The van der Waals surface area contributed by atoms with E-state index in [-0.39, 0.29) is 10.8 Å². The van der Waals surface area contributed by atoms with Crippen molar-refractivity contribution in [3.8, 4) is 11.8 Å². The van der Waals surface area contributed by atoms with Crippen LogP contribution in [0.15, 0.2) is 6.07 Å². The van der Waals surface area contributed by atoms with Crippen LogP contribution >= 0.6 is 11.6 Å². The molecule has 0 saturated carbocycles. The SMILES string of the molecule is N#Cc1nc(N)c(Cl)cc1OC(F)(F)F. The van der Waals surface area contributed by atoms with Crippen molar-refractivity contribution in [1.29, 1.82) is 5.26 Å². The maximum absolute atomic E-state index is 11.9. The summed E-state index contributed by atoms with van der Waals surface area (Å²) in [5.41, 5.74) is 4.62. The molecule has 0 atom stereocenters. The highest BCUT2D eigenvalue weighted by molar-refractivity contribution is 6.32. The molecule has 0 fully saturated rings. The van der Waals surface area contributed by atoms with Crippen molar-refractivity contribution >= 4 is 17.4 Å². The van der Waals surface area contributed by atoms with Crippen LogP contribution in [0.1, 0.15) is 5.69 Å². The van der Waals surface area contributed by atoms with Gasteiger partial charge in [-0.2, -0.15) is 5.26 Å². The number of rotatable bonds is 1. The van der Waals surface area contributed by atoms with Crippen LogP contribution < -0.4 is 10.5 Å². The number of aromatic nitrogens is 1. The zero-order valence-electron chi connectivity index (χ0n) is 6.97. The molecule has 2 N–H and O–H groups in total. The van der Waals surface area contributed by atoms with Crippen LogP contribution in [0.25, 0.3) is 0 Å². The summed E-state index contributed by atoms with van der Waals surface area (Å²) in [4.78, 5) is 3.34. The fourth-order valence-corrected chi connectivity index (χ4v) is 0.910. The predicted molar refractivity (Wildman–Crippen MR) is 45.1 cm³/mol. The Balaban J connectivity index is 3.18. The lowest BCUT2D eigenvalue weighted by atomic mass is 10.3. The maximum Gasteiger partial charge on any atom is 0.573 e. The summed E-state index contributed by atoms with van der Waals surface area (Å²) in [5, 5.41) is 8.26. The van der Waals surface area contributed by atoms with E-state index in [0.29, 0.717) is 0 Å². The fraction of sp³-hybridized carbons (Fsp3) is 0.143. The van der Waals surface area contributed by atoms with Gasteiger partial charge in [-0.05, 0) is 0 Å². The summed E-state index contributed by atoms with van der Waals surface area (Å²) >= 11 is 5.43. The van der Waals surface area contributed by atoms with Crippen molar-refractivity contribution in [3.63, 3.8) is 0 Å². The van der Waals surface area contributed by atoms with Crippen LogP contribution in [-0.2, 0) is 0 Å². The third-order valence-electron chi connectivity index (χ3n) is 1.30. The molecule has 1 rings (SSSR count). The normalized spacial score (nSPS) is 10.9. The number of nitrogens with zero attached hydrogens (tertiary/aromatic N) is 2. The third-order valence-corrected chi connectivity index (χ3v) is 1.60. The monoisotopic (exact) mass is 237 g/mol. The van der Waals surface area contributed by atoms with Gasteiger partial charge in [0.25, 0.3) is 0 Å². The molecular weight excluding hydrogens is 235 g/mol. The first-order valence-electron chi connectivity index (χ1n) is 3.45. The van der Waals surface area contributed by atoms with Crippen LogP contribution in [0.3, 0.4) is 0 Å². The molecule has 1 aromatic heterocycles. The topological polar surface area (TPSA) is 71.9 Å². The van der Waals surface area contributed by atoms with Gasteiger partial charge < -0.3 is 10.5 Å². The van der Waals surface area contributed by atoms with E-state index < -0.39 is 17.8 Å². The van der Waals surface area contributed by atoms with E-state index in [1.165, 1.54) is 6.07 Å². The zero-order valence-corrected chi connectivity index (χ0v) is 7.73. The molecule has 15 heavy (non-hydrogen) atoms. The molecule has 0 radical (unpaired) electrons. The van der Waals surface area contributed by atoms with E-state index in [4.69, 9.17) is 22.6 Å². The minimum Gasteiger partial charge on any atom is -0.403 e. The number of ether oxygens (including phenoxy) is 1. The molecule has 8 heteroatoms. The molecular formula is C7H3ClF3N3O. The molecule has 0 spiro atoms. The average molecular weight is 238 g/mol. The minimum atomic E-state index is -4.91. The van der Waals surface area contributed by atoms with E-state index in [2.05, 4.69) is 9.72 Å². The molecule has 1 aromatic rings. The van der Waals surface area contributed by atoms with Crippen molar-refractivity contribution in [2.75, 3.05) is 5.73 Å². The molecule has 4 nitrogen and oxygen atoms in total. The average Bonchev–Trinajstić information content (AvgIpc) is 2.08. The standard InChI is InChI=1S/C7H3ClF3N3O/c8-3-1-5(15-7(9,10)11)4(2-12)14-6(3)13/h1H,(H2,13,14). The number of nitrogen functional groups attached to an aromatic ring is 1. The lowest BCUT2D eigenvalue weighted by Gasteiger charge is -2.10. The van der Waals surface area contributed by atoms with Crippen molar-refractivity contribution in [2.24, 2.45) is 0 Å². The Kier molecular flexibility index (Phi) is 2.90. The van der Waals surface area contributed by atoms with Crippen LogP contribution in [0.2, 0.25) is 5.02 Å². The Morgan fingerprint density at radius 1 is 1.53 bits per heavy atom. The van der Waals surface area contributed by atoms with Crippen molar-refractivity contribution in [2.45, 2.75) is 6.36 Å². The first-order chi connectivity index (χ1) is 6.83. The Morgan fingerprint density at radius 2 is 2.13 bits per heavy atom. The number of hydrogen-bond acceptors (Lipinski definition) is 4. The van der Waals surface area contributed by atoms with Gasteiger partial charge >= 0.3 is 6.36 Å². The Bertz CT molecular complexity index is 427. The smallest absolute Gasteiger partial charge is 0.403 e. The molecule has 80 valence electrons. The van der Waals surface area contributed by atoms with E-state index in [0.717, 1.165) is 6.07 Å². The summed E-state index contributed by atoms with van der Waals surface area (Å²) in [6, 6.07) is 2.20.